The zero-order valence-electron chi connectivity index (χ0n) is 7.99. The lowest BCUT2D eigenvalue weighted by Gasteiger charge is -2.50. The zero-order valence-corrected chi connectivity index (χ0v) is 7.99. The number of carbonyl (C=O) groups excluding carboxylic acids is 1. The summed E-state index contributed by atoms with van der Waals surface area (Å²) in [4.78, 5) is 12.9. The molecule has 1 aliphatic heterocycles. The van der Waals surface area contributed by atoms with Crippen LogP contribution < -0.4 is 11.5 Å². The van der Waals surface area contributed by atoms with Crippen LogP contribution in [0.25, 0.3) is 0 Å². The molecule has 4 N–H and O–H groups in total. The number of carbonyl (C=O) groups is 1. The van der Waals surface area contributed by atoms with Gasteiger partial charge in [-0.2, -0.15) is 0 Å². The Balaban J connectivity index is 1.86. The molecule has 1 saturated carbocycles. The molecule has 4 nitrogen and oxygen atoms in total. The van der Waals surface area contributed by atoms with Gasteiger partial charge in [-0.3, -0.25) is 9.69 Å². The van der Waals surface area contributed by atoms with Gasteiger partial charge in [-0.05, 0) is 25.7 Å². The van der Waals surface area contributed by atoms with Crippen LogP contribution in [0.2, 0.25) is 0 Å². The molecule has 1 unspecified atom stereocenters. The molecule has 0 aromatic rings. The van der Waals surface area contributed by atoms with Crippen molar-refractivity contribution in [2.45, 2.75) is 31.3 Å². The van der Waals surface area contributed by atoms with E-state index < -0.39 is 0 Å². The van der Waals surface area contributed by atoms with Gasteiger partial charge in [-0.1, -0.05) is 0 Å². The van der Waals surface area contributed by atoms with E-state index in [0.29, 0.717) is 5.92 Å². The molecular weight excluding hydrogens is 166 g/mol. The number of hydrogen-bond donors (Lipinski definition) is 2. The van der Waals surface area contributed by atoms with E-state index in [9.17, 15) is 4.79 Å². The van der Waals surface area contributed by atoms with Crippen molar-refractivity contribution < 1.29 is 4.79 Å². The number of hydrogen-bond acceptors (Lipinski definition) is 3. The first-order valence-corrected chi connectivity index (χ1v) is 4.85. The Morgan fingerprint density at radius 3 is 2.46 bits per heavy atom. The quantitative estimate of drug-likeness (QED) is 0.606. The van der Waals surface area contributed by atoms with Gasteiger partial charge in [-0.15, -0.1) is 0 Å². The molecule has 13 heavy (non-hydrogen) atoms. The molecule has 1 atom stereocenters. The summed E-state index contributed by atoms with van der Waals surface area (Å²) >= 11 is 0. The molecule has 1 heterocycles. The molecule has 0 radical (unpaired) electrons. The second kappa shape index (κ2) is 2.69. The first-order chi connectivity index (χ1) is 6.03. The largest absolute Gasteiger partial charge is 0.368 e. The Morgan fingerprint density at radius 2 is 2.08 bits per heavy atom. The average Bonchev–Trinajstić information content (AvgIpc) is 2.79. The van der Waals surface area contributed by atoms with Crippen LogP contribution in [-0.2, 0) is 4.79 Å². The number of nitrogens with zero attached hydrogens (tertiary/aromatic N) is 1. The maximum atomic E-state index is 10.9. The van der Waals surface area contributed by atoms with Gasteiger partial charge < -0.3 is 11.5 Å². The number of amides is 1. The van der Waals surface area contributed by atoms with Crippen LogP contribution in [0.15, 0.2) is 0 Å². The van der Waals surface area contributed by atoms with E-state index in [1.54, 1.807) is 0 Å². The fraction of sp³-hybridized carbons (Fsp3) is 0.889. The average molecular weight is 183 g/mol. The van der Waals surface area contributed by atoms with Crippen LogP contribution in [-0.4, -0.2) is 35.5 Å². The smallest absolute Gasteiger partial charge is 0.234 e. The number of likely N-dealkylation sites (tertiary alicyclic amines) is 1. The topological polar surface area (TPSA) is 72.4 Å². The zero-order chi connectivity index (χ0) is 9.64. The third-order valence-electron chi connectivity index (χ3n) is 3.34. The first kappa shape index (κ1) is 8.97. The summed E-state index contributed by atoms with van der Waals surface area (Å²) in [5.41, 5.74) is 11.3. The third-order valence-corrected chi connectivity index (χ3v) is 3.34. The van der Waals surface area contributed by atoms with Crippen LogP contribution in [0.1, 0.15) is 19.8 Å². The Labute approximate surface area is 78.2 Å². The fourth-order valence-electron chi connectivity index (χ4n) is 2.08. The van der Waals surface area contributed by atoms with Gasteiger partial charge in [0.25, 0.3) is 0 Å². The van der Waals surface area contributed by atoms with Gasteiger partial charge in [0.2, 0.25) is 5.91 Å². The van der Waals surface area contributed by atoms with E-state index >= 15 is 0 Å². The van der Waals surface area contributed by atoms with Crippen molar-refractivity contribution in [3.63, 3.8) is 0 Å². The minimum Gasteiger partial charge on any atom is -0.368 e. The van der Waals surface area contributed by atoms with Crippen LogP contribution in [0.4, 0.5) is 0 Å². The summed E-state index contributed by atoms with van der Waals surface area (Å²) < 4.78 is 0. The second-order valence-corrected chi connectivity index (χ2v) is 4.49. The second-order valence-electron chi connectivity index (χ2n) is 4.49. The highest BCUT2D eigenvalue weighted by atomic mass is 16.1. The Morgan fingerprint density at radius 1 is 1.54 bits per heavy atom. The molecule has 1 aliphatic carbocycles. The van der Waals surface area contributed by atoms with E-state index in [0.717, 1.165) is 13.1 Å². The number of rotatable bonds is 3. The van der Waals surface area contributed by atoms with Crippen LogP contribution in [0, 0.1) is 5.92 Å². The van der Waals surface area contributed by atoms with Gasteiger partial charge >= 0.3 is 0 Å². The minimum atomic E-state index is -0.252. The highest BCUT2D eigenvalue weighted by Gasteiger charge is 2.51. The summed E-state index contributed by atoms with van der Waals surface area (Å²) in [5, 5.41) is 0. The molecule has 0 aromatic heterocycles. The standard InChI is InChI=1S/C9H17N3O/c1-6(8(10)13)12-4-9(11,5-12)7-2-3-7/h6-7H,2-5,11H2,1H3,(H2,10,13). The maximum absolute atomic E-state index is 10.9. The molecule has 74 valence electrons. The molecule has 1 amide bonds. The summed E-state index contributed by atoms with van der Waals surface area (Å²) in [5.74, 6) is 0.446. The molecule has 4 heteroatoms. The lowest BCUT2D eigenvalue weighted by Crippen LogP contribution is -2.71. The summed E-state index contributed by atoms with van der Waals surface area (Å²) in [6, 6.07) is -0.157. The third kappa shape index (κ3) is 1.44. The van der Waals surface area contributed by atoms with Crippen molar-refractivity contribution >= 4 is 5.91 Å². The highest BCUT2D eigenvalue weighted by Crippen LogP contribution is 2.43. The Hall–Kier alpha value is -0.610. The molecule has 2 aliphatic rings. The minimum absolute atomic E-state index is 0.0102. The van der Waals surface area contributed by atoms with Crippen LogP contribution >= 0.6 is 0 Å². The van der Waals surface area contributed by atoms with Crippen molar-refractivity contribution in [1.29, 1.82) is 0 Å². The molecule has 0 spiro atoms. The lowest BCUT2D eigenvalue weighted by atomic mass is 9.84. The fourth-order valence-corrected chi connectivity index (χ4v) is 2.08. The highest BCUT2D eigenvalue weighted by molar-refractivity contribution is 5.79. The van der Waals surface area contributed by atoms with E-state index in [1.807, 2.05) is 6.92 Å². The summed E-state index contributed by atoms with van der Waals surface area (Å²) in [6.45, 7) is 3.51. The van der Waals surface area contributed by atoms with Gasteiger partial charge in [-0.25, -0.2) is 0 Å². The monoisotopic (exact) mass is 183 g/mol. The first-order valence-electron chi connectivity index (χ1n) is 4.85. The van der Waals surface area contributed by atoms with E-state index in [1.165, 1.54) is 12.8 Å². The lowest BCUT2D eigenvalue weighted by molar-refractivity contribution is -0.126. The normalized spacial score (nSPS) is 29.4. The van der Waals surface area contributed by atoms with Gasteiger partial charge in [0.1, 0.15) is 0 Å². The van der Waals surface area contributed by atoms with Gasteiger partial charge in [0.15, 0.2) is 0 Å². The van der Waals surface area contributed by atoms with E-state index in [4.69, 9.17) is 11.5 Å². The van der Waals surface area contributed by atoms with Gasteiger partial charge in [0, 0.05) is 18.6 Å². The maximum Gasteiger partial charge on any atom is 0.234 e. The summed E-state index contributed by atoms with van der Waals surface area (Å²) in [6.07, 6.45) is 2.52. The van der Waals surface area contributed by atoms with Crippen LogP contribution in [0.3, 0.4) is 0 Å². The molecule has 0 aromatic carbocycles. The number of primary amides is 1. The van der Waals surface area contributed by atoms with Crippen molar-refractivity contribution in [3.05, 3.63) is 0 Å². The Bertz CT molecular complexity index is 231. The van der Waals surface area contributed by atoms with E-state index in [-0.39, 0.29) is 17.5 Å². The molecule has 1 saturated heterocycles. The SMILES string of the molecule is CC(C(N)=O)N1CC(N)(C2CC2)C1. The molecule has 2 fully saturated rings. The number of nitrogens with two attached hydrogens (primary N) is 2. The van der Waals surface area contributed by atoms with Crippen molar-refractivity contribution in [2.75, 3.05) is 13.1 Å². The Kier molecular flexibility index (Phi) is 1.85. The molecule has 2 rings (SSSR count). The predicted molar refractivity (Wildman–Crippen MR) is 49.9 cm³/mol. The van der Waals surface area contributed by atoms with Crippen LogP contribution in [0.5, 0.6) is 0 Å². The van der Waals surface area contributed by atoms with Crippen molar-refractivity contribution in [2.24, 2.45) is 17.4 Å². The van der Waals surface area contributed by atoms with E-state index in [2.05, 4.69) is 4.90 Å². The van der Waals surface area contributed by atoms with Crippen molar-refractivity contribution in [1.82, 2.24) is 4.90 Å². The summed E-state index contributed by atoms with van der Waals surface area (Å²) in [7, 11) is 0. The van der Waals surface area contributed by atoms with Gasteiger partial charge in [0.05, 0.1) is 6.04 Å². The van der Waals surface area contributed by atoms with Crippen molar-refractivity contribution in [3.8, 4) is 0 Å². The predicted octanol–water partition coefficient (Wildman–Crippen LogP) is -0.717. The molecule has 0 bridgehead atoms. The molecular formula is C9H17N3O.